The Morgan fingerprint density at radius 1 is 1.00 bits per heavy atom. The van der Waals surface area contributed by atoms with Crippen molar-refractivity contribution >= 4 is 5.91 Å². The molecule has 1 atom stereocenters. The highest BCUT2D eigenvalue weighted by Crippen LogP contribution is 2.27. The van der Waals surface area contributed by atoms with E-state index in [0.717, 1.165) is 17.5 Å². The number of nitrogens with one attached hydrogen (secondary N) is 1. The van der Waals surface area contributed by atoms with E-state index >= 15 is 0 Å². The molecule has 3 nitrogen and oxygen atoms in total. The highest BCUT2D eigenvalue weighted by atomic mass is 16.3. The summed E-state index contributed by atoms with van der Waals surface area (Å²) in [5.41, 5.74) is 2.25. The molecule has 1 amide bonds. The molecule has 1 unspecified atom stereocenters. The zero-order valence-electron chi connectivity index (χ0n) is 12.9. The Balaban J connectivity index is 2.17. The molecule has 0 radical (unpaired) electrons. The smallest absolute Gasteiger partial charge is 0.221 e. The number of carbonyl (C=O) groups is 1. The van der Waals surface area contributed by atoms with Crippen molar-refractivity contribution in [3.05, 3.63) is 71.8 Å². The minimum Gasteiger partial charge on any atom is -0.394 e. The van der Waals surface area contributed by atoms with Gasteiger partial charge in [-0.2, -0.15) is 0 Å². The van der Waals surface area contributed by atoms with Crippen molar-refractivity contribution in [1.82, 2.24) is 5.32 Å². The van der Waals surface area contributed by atoms with Crippen LogP contribution in [-0.2, 0) is 4.79 Å². The van der Waals surface area contributed by atoms with E-state index in [4.69, 9.17) is 0 Å². The summed E-state index contributed by atoms with van der Waals surface area (Å²) < 4.78 is 0. The Kier molecular flexibility index (Phi) is 6.16. The number of hydrogen-bond donors (Lipinski definition) is 2. The molecule has 0 spiro atoms. The Morgan fingerprint density at radius 3 is 1.91 bits per heavy atom. The van der Waals surface area contributed by atoms with Crippen molar-refractivity contribution in [2.45, 2.75) is 31.7 Å². The predicted octanol–water partition coefficient (Wildman–Crippen LogP) is 3.10. The normalized spacial score (nSPS) is 12.1. The van der Waals surface area contributed by atoms with E-state index in [-0.39, 0.29) is 24.5 Å². The van der Waals surface area contributed by atoms with Gasteiger partial charge >= 0.3 is 0 Å². The molecule has 2 rings (SSSR count). The summed E-state index contributed by atoms with van der Waals surface area (Å²) >= 11 is 0. The average Bonchev–Trinajstić information content (AvgIpc) is 2.59. The lowest BCUT2D eigenvalue weighted by atomic mass is 9.88. The van der Waals surface area contributed by atoms with Gasteiger partial charge in [-0.25, -0.2) is 0 Å². The summed E-state index contributed by atoms with van der Waals surface area (Å²) in [5.74, 6) is -0.00259. The van der Waals surface area contributed by atoms with Crippen LogP contribution in [0.4, 0.5) is 0 Å². The van der Waals surface area contributed by atoms with Gasteiger partial charge in [0.05, 0.1) is 12.6 Å². The third kappa shape index (κ3) is 4.43. The summed E-state index contributed by atoms with van der Waals surface area (Å²) in [5, 5.41) is 12.1. The topological polar surface area (TPSA) is 49.3 Å². The summed E-state index contributed by atoms with van der Waals surface area (Å²) in [4.78, 5) is 12.3. The van der Waals surface area contributed by atoms with Crippen molar-refractivity contribution in [2.24, 2.45) is 0 Å². The summed E-state index contributed by atoms with van der Waals surface area (Å²) in [6, 6.07) is 20.0. The van der Waals surface area contributed by atoms with Gasteiger partial charge in [0, 0.05) is 12.3 Å². The monoisotopic (exact) mass is 297 g/mol. The molecule has 2 aromatic rings. The van der Waals surface area contributed by atoms with Crippen LogP contribution in [0.3, 0.4) is 0 Å². The van der Waals surface area contributed by atoms with E-state index in [1.54, 1.807) is 0 Å². The molecule has 0 saturated carbocycles. The Hall–Kier alpha value is -2.13. The Labute approximate surface area is 132 Å². The van der Waals surface area contributed by atoms with Gasteiger partial charge in [0.25, 0.3) is 0 Å². The first-order valence-electron chi connectivity index (χ1n) is 7.74. The zero-order valence-corrected chi connectivity index (χ0v) is 12.9. The molecule has 0 aliphatic carbocycles. The van der Waals surface area contributed by atoms with Gasteiger partial charge in [-0.15, -0.1) is 0 Å². The second-order valence-corrected chi connectivity index (χ2v) is 5.43. The van der Waals surface area contributed by atoms with Crippen molar-refractivity contribution < 1.29 is 9.90 Å². The molecular formula is C19H23NO2. The third-order valence-corrected chi connectivity index (χ3v) is 3.87. The summed E-state index contributed by atoms with van der Waals surface area (Å²) in [7, 11) is 0. The maximum absolute atomic E-state index is 12.3. The number of rotatable bonds is 7. The van der Waals surface area contributed by atoms with E-state index in [1.807, 2.05) is 67.6 Å². The Bertz CT molecular complexity index is 525. The fraction of sp³-hybridized carbons (Fsp3) is 0.316. The van der Waals surface area contributed by atoms with Gasteiger partial charge in [0.15, 0.2) is 0 Å². The molecule has 0 fully saturated rings. The van der Waals surface area contributed by atoms with Crippen LogP contribution in [0.1, 0.15) is 36.8 Å². The number of carbonyl (C=O) groups excluding carboxylic acids is 1. The summed E-state index contributed by atoms with van der Waals surface area (Å²) in [6.45, 7) is 1.93. The van der Waals surface area contributed by atoms with Gasteiger partial charge in [-0.05, 0) is 17.5 Å². The standard InChI is InChI=1S/C19H23NO2/c1-2-17(14-21)20-19(22)13-18(15-9-5-3-6-10-15)16-11-7-4-8-12-16/h3-12,17-18,21H,2,13-14H2,1H3,(H,20,22). The molecule has 3 heteroatoms. The average molecular weight is 297 g/mol. The van der Waals surface area contributed by atoms with Crippen molar-refractivity contribution in [3.8, 4) is 0 Å². The van der Waals surface area contributed by atoms with Crippen LogP contribution >= 0.6 is 0 Å². The molecule has 2 N–H and O–H groups in total. The molecule has 0 heterocycles. The van der Waals surface area contributed by atoms with Crippen molar-refractivity contribution in [3.63, 3.8) is 0 Å². The van der Waals surface area contributed by atoms with E-state index < -0.39 is 0 Å². The predicted molar refractivity (Wildman–Crippen MR) is 88.7 cm³/mol. The fourth-order valence-corrected chi connectivity index (χ4v) is 2.55. The van der Waals surface area contributed by atoms with Gasteiger partial charge < -0.3 is 10.4 Å². The molecule has 0 aromatic heterocycles. The molecule has 0 saturated heterocycles. The minimum absolute atomic E-state index is 0.0242. The first-order valence-corrected chi connectivity index (χ1v) is 7.74. The quantitative estimate of drug-likeness (QED) is 0.825. The minimum atomic E-state index is -0.167. The third-order valence-electron chi connectivity index (χ3n) is 3.87. The Morgan fingerprint density at radius 2 is 1.50 bits per heavy atom. The molecule has 0 aliphatic rings. The van der Waals surface area contributed by atoms with E-state index in [1.165, 1.54) is 0 Å². The lowest BCUT2D eigenvalue weighted by Crippen LogP contribution is -2.37. The molecule has 116 valence electrons. The highest BCUT2D eigenvalue weighted by Gasteiger charge is 2.19. The van der Waals surface area contributed by atoms with Crippen LogP contribution < -0.4 is 5.32 Å². The number of benzene rings is 2. The van der Waals surface area contributed by atoms with Crippen LogP contribution in [0.2, 0.25) is 0 Å². The zero-order chi connectivity index (χ0) is 15.8. The number of hydrogen-bond acceptors (Lipinski definition) is 2. The fourth-order valence-electron chi connectivity index (χ4n) is 2.55. The van der Waals surface area contributed by atoms with E-state index in [2.05, 4.69) is 5.32 Å². The number of amides is 1. The number of aliphatic hydroxyl groups is 1. The van der Waals surface area contributed by atoms with Crippen molar-refractivity contribution in [1.29, 1.82) is 0 Å². The molecule has 0 aliphatic heterocycles. The largest absolute Gasteiger partial charge is 0.394 e. The second-order valence-electron chi connectivity index (χ2n) is 5.43. The van der Waals surface area contributed by atoms with Crippen molar-refractivity contribution in [2.75, 3.05) is 6.61 Å². The van der Waals surface area contributed by atoms with E-state index in [9.17, 15) is 9.90 Å². The second kappa shape index (κ2) is 8.35. The molecule has 2 aromatic carbocycles. The van der Waals surface area contributed by atoms with E-state index in [0.29, 0.717) is 6.42 Å². The molecular weight excluding hydrogens is 274 g/mol. The molecule has 22 heavy (non-hydrogen) atoms. The highest BCUT2D eigenvalue weighted by molar-refractivity contribution is 5.77. The first-order chi connectivity index (χ1) is 10.7. The van der Waals surface area contributed by atoms with Gasteiger partial charge in [-0.1, -0.05) is 67.6 Å². The maximum atomic E-state index is 12.3. The SMILES string of the molecule is CCC(CO)NC(=O)CC(c1ccccc1)c1ccccc1. The van der Waals surface area contributed by atoms with Crippen LogP contribution in [0, 0.1) is 0 Å². The van der Waals surface area contributed by atoms with Gasteiger partial charge in [0.2, 0.25) is 5.91 Å². The van der Waals surface area contributed by atoms with Crippen LogP contribution in [-0.4, -0.2) is 23.7 Å². The van der Waals surface area contributed by atoms with Crippen LogP contribution in [0.15, 0.2) is 60.7 Å². The molecule has 0 bridgehead atoms. The summed E-state index contributed by atoms with van der Waals surface area (Å²) in [6.07, 6.45) is 1.11. The van der Waals surface area contributed by atoms with Crippen LogP contribution in [0.5, 0.6) is 0 Å². The lowest BCUT2D eigenvalue weighted by molar-refractivity contribution is -0.122. The van der Waals surface area contributed by atoms with Gasteiger partial charge in [0.1, 0.15) is 0 Å². The van der Waals surface area contributed by atoms with Crippen LogP contribution in [0.25, 0.3) is 0 Å². The lowest BCUT2D eigenvalue weighted by Gasteiger charge is -2.20. The maximum Gasteiger partial charge on any atom is 0.221 e. The number of aliphatic hydroxyl groups excluding tert-OH is 1. The first kappa shape index (κ1) is 16.2. The van der Waals surface area contributed by atoms with Gasteiger partial charge in [-0.3, -0.25) is 4.79 Å².